The van der Waals surface area contributed by atoms with Gasteiger partial charge in [0.25, 0.3) is 0 Å². The van der Waals surface area contributed by atoms with Gasteiger partial charge in [-0.05, 0) is 18.9 Å². The minimum absolute atomic E-state index is 0.349. The summed E-state index contributed by atoms with van der Waals surface area (Å²) in [7, 11) is 0. The second-order valence-electron chi connectivity index (χ2n) is 3.67. The summed E-state index contributed by atoms with van der Waals surface area (Å²) in [5, 5.41) is 0. The van der Waals surface area contributed by atoms with Crippen LogP contribution >= 0.6 is 0 Å². The lowest BCUT2D eigenvalue weighted by Gasteiger charge is -2.17. The molecule has 3 nitrogen and oxygen atoms in total. The van der Waals surface area contributed by atoms with Crippen molar-refractivity contribution < 1.29 is 0 Å². The molecule has 72 valence electrons. The molecule has 1 aromatic rings. The second kappa shape index (κ2) is 4.33. The fourth-order valence-corrected chi connectivity index (χ4v) is 1.41. The Balaban J connectivity index is 2.91. The van der Waals surface area contributed by atoms with E-state index in [1.54, 1.807) is 6.33 Å². The van der Waals surface area contributed by atoms with Gasteiger partial charge >= 0.3 is 0 Å². The van der Waals surface area contributed by atoms with Crippen LogP contribution in [0, 0.1) is 12.8 Å². The fraction of sp³-hybridized carbons (Fsp3) is 0.600. The van der Waals surface area contributed by atoms with Crippen LogP contribution in [0.25, 0.3) is 0 Å². The fourth-order valence-electron chi connectivity index (χ4n) is 1.41. The Morgan fingerprint density at radius 3 is 2.54 bits per heavy atom. The summed E-state index contributed by atoms with van der Waals surface area (Å²) in [5.41, 5.74) is 7.76. The number of nitrogens with two attached hydrogens (primary N) is 1. The maximum Gasteiger partial charge on any atom is 0.115 e. The highest BCUT2D eigenvalue weighted by Gasteiger charge is 2.15. The maximum absolute atomic E-state index is 5.70. The van der Waals surface area contributed by atoms with E-state index in [2.05, 4.69) is 23.8 Å². The topological polar surface area (TPSA) is 51.8 Å². The molecule has 0 saturated carbocycles. The molecule has 1 heterocycles. The van der Waals surface area contributed by atoms with Gasteiger partial charge in [0, 0.05) is 23.9 Å². The first-order chi connectivity index (χ1) is 6.15. The van der Waals surface area contributed by atoms with E-state index in [1.807, 2.05) is 13.0 Å². The largest absolute Gasteiger partial charge is 0.330 e. The van der Waals surface area contributed by atoms with Crippen molar-refractivity contribution in [2.45, 2.75) is 26.7 Å². The summed E-state index contributed by atoms with van der Waals surface area (Å²) in [6, 6.07) is 2.01. The zero-order chi connectivity index (χ0) is 9.84. The highest BCUT2D eigenvalue weighted by atomic mass is 14.8. The lowest BCUT2D eigenvalue weighted by molar-refractivity contribution is 0.494. The maximum atomic E-state index is 5.70. The van der Waals surface area contributed by atoms with Crippen LogP contribution in [0.5, 0.6) is 0 Å². The van der Waals surface area contributed by atoms with Gasteiger partial charge in [0.05, 0.1) is 0 Å². The molecule has 0 aromatic carbocycles. The molecule has 0 aliphatic carbocycles. The minimum atomic E-state index is 0.349. The number of aryl methyl sites for hydroxylation is 1. The van der Waals surface area contributed by atoms with Crippen LogP contribution in [0.2, 0.25) is 0 Å². The van der Waals surface area contributed by atoms with Crippen molar-refractivity contribution in [3.8, 4) is 0 Å². The van der Waals surface area contributed by atoms with Gasteiger partial charge in [0.2, 0.25) is 0 Å². The highest BCUT2D eigenvalue weighted by molar-refractivity contribution is 5.12. The Kier molecular flexibility index (Phi) is 3.37. The summed E-state index contributed by atoms with van der Waals surface area (Å²) in [4.78, 5) is 8.30. The number of hydrogen-bond donors (Lipinski definition) is 1. The molecule has 1 rings (SSSR count). The molecule has 1 unspecified atom stereocenters. The van der Waals surface area contributed by atoms with E-state index in [9.17, 15) is 0 Å². The van der Waals surface area contributed by atoms with Crippen molar-refractivity contribution in [3.05, 3.63) is 23.8 Å². The zero-order valence-electron chi connectivity index (χ0n) is 8.49. The van der Waals surface area contributed by atoms with Crippen molar-refractivity contribution in [2.75, 3.05) is 6.54 Å². The van der Waals surface area contributed by atoms with Crippen molar-refractivity contribution >= 4 is 0 Å². The van der Waals surface area contributed by atoms with Gasteiger partial charge in [-0.3, -0.25) is 0 Å². The Bertz CT molecular complexity index is 271. The smallest absolute Gasteiger partial charge is 0.115 e. The van der Waals surface area contributed by atoms with E-state index in [1.165, 1.54) is 0 Å². The number of hydrogen-bond acceptors (Lipinski definition) is 3. The Hall–Kier alpha value is -0.960. The lowest BCUT2D eigenvalue weighted by Crippen LogP contribution is -2.19. The van der Waals surface area contributed by atoms with E-state index >= 15 is 0 Å². The molecular weight excluding hydrogens is 162 g/mol. The number of rotatable bonds is 3. The van der Waals surface area contributed by atoms with Gasteiger partial charge in [0.1, 0.15) is 6.33 Å². The average molecular weight is 179 g/mol. The predicted molar refractivity (Wildman–Crippen MR) is 53.4 cm³/mol. The first kappa shape index (κ1) is 10.1. The Labute approximate surface area is 79.4 Å². The molecule has 1 atom stereocenters. The van der Waals surface area contributed by atoms with E-state index in [4.69, 9.17) is 5.73 Å². The van der Waals surface area contributed by atoms with Gasteiger partial charge in [-0.2, -0.15) is 0 Å². The minimum Gasteiger partial charge on any atom is -0.330 e. The van der Waals surface area contributed by atoms with Crippen molar-refractivity contribution in [1.29, 1.82) is 0 Å². The molecule has 0 bridgehead atoms. The van der Waals surface area contributed by atoms with Crippen LogP contribution in [0.15, 0.2) is 12.4 Å². The van der Waals surface area contributed by atoms with Crippen LogP contribution < -0.4 is 5.73 Å². The molecule has 0 amide bonds. The van der Waals surface area contributed by atoms with Crippen molar-refractivity contribution in [3.63, 3.8) is 0 Å². The third-order valence-corrected chi connectivity index (χ3v) is 2.26. The average Bonchev–Trinajstić information content (AvgIpc) is 2.04. The van der Waals surface area contributed by atoms with Gasteiger partial charge < -0.3 is 5.73 Å². The normalized spacial score (nSPS) is 13.3. The van der Waals surface area contributed by atoms with Crippen LogP contribution in [0.1, 0.15) is 31.2 Å². The van der Waals surface area contributed by atoms with Gasteiger partial charge in [-0.1, -0.05) is 13.8 Å². The molecule has 3 heteroatoms. The third-order valence-electron chi connectivity index (χ3n) is 2.26. The third kappa shape index (κ3) is 2.49. The Morgan fingerprint density at radius 2 is 2.08 bits per heavy atom. The molecule has 0 radical (unpaired) electrons. The Morgan fingerprint density at radius 1 is 1.38 bits per heavy atom. The molecule has 1 aromatic heterocycles. The van der Waals surface area contributed by atoms with E-state index in [0.717, 1.165) is 11.4 Å². The molecule has 0 aliphatic rings. The molecule has 0 aliphatic heterocycles. The first-order valence-electron chi connectivity index (χ1n) is 4.63. The summed E-state index contributed by atoms with van der Waals surface area (Å²) < 4.78 is 0. The van der Waals surface area contributed by atoms with Crippen molar-refractivity contribution in [2.24, 2.45) is 11.7 Å². The molecule has 0 fully saturated rings. The summed E-state index contributed by atoms with van der Waals surface area (Å²) in [5.74, 6) is 0.876. The van der Waals surface area contributed by atoms with Crippen LogP contribution in [0.3, 0.4) is 0 Å². The van der Waals surface area contributed by atoms with Crippen LogP contribution in [0.4, 0.5) is 0 Å². The molecular formula is C10H17N3. The monoisotopic (exact) mass is 179 g/mol. The van der Waals surface area contributed by atoms with E-state index < -0.39 is 0 Å². The zero-order valence-corrected chi connectivity index (χ0v) is 8.49. The van der Waals surface area contributed by atoms with E-state index in [0.29, 0.717) is 18.4 Å². The summed E-state index contributed by atoms with van der Waals surface area (Å²) >= 11 is 0. The van der Waals surface area contributed by atoms with Crippen LogP contribution in [-0.4, -0.2) is 16.5 Å². The highest BCUT2D eigenvalue weighted by Crippen LogP contribution is 2.20. The van der Waals surface area contributed by atoms with Crippen LogP contribution in [-0.2, 0) is 0 Å². The lowest BCUT2D eigenvalue weighted by atomic mass is 9.92. The van der Waals surface area contributed by atoms with Gasteiger partial charge in [0.15, 0.2) is 0 Å². The number of nitrogens with zero attached hydrogens (tertiary/aromatic N) is 2. The second-order valence-corrected chi connectivity index (χ2v) is 3.67. The van der Waals surface area contributed by atoms with E-state index in [-0.39, 0.29) is 0 Å². The molecule has 13 heavy (non-hydrogen) atoms. The number of aromatic nitrogens is 2. The quantitative estimate of drug-likeness (QED) is 0.764. The first-order valence-corrected chi connectivity index (χ1v) is 4.63. The predicted octanol–water partition coefficient (Wildman–Crippen LogP) is 1.48. The molecule has 0 saturated heterocycles. The standard InChI is InChI=1S/C10H17N3/c1-7(2)9(5-11)10-4-8(3)12-6-13-10/h4,6-7,9H,5,11H2,1-3H3. The SMILES string of the molecule is Cc1cc(C(CN)C(C)C)ncn1. The molecule has 2 N–H and O–H groups in total. The summed E-state index contributed by atoms with van der Waals surface area (Å²) in [6.45, 7) is 6.94. The summed E-state index contributed by atoms with van der Waals surface area (Å²) in [6.07, 6.45) is 1.61. The van der Waals surface area contributed by atoms with Gasteiger partial charge in [-0.25, -0.2) is 9.97 Å². The van der Waals surface area contributed by atoms with Gasteiger partial charge in [-0.15, -0.1) is 0 Å². The molecule has 0 spiro atoms. The van der Waals surface area contributed by atoms with Crippen molar-refractivity contribution in [1.82, 2.24) is 9.97 Å².